The number of nitrogens with two attached hydrogens (primary N) is 1. The molecule has 1 aliphatic heterocycles. The summed E-state index contributed by atoms with van der Waals surface area (Å²) in [5, 5.41) is 1.79. The molecule has 0 radical (unpaired) electrons. The third-order valence-electron chi connectivity index (χ3n) is 6.55. The maximum absolute atomic E-state index is 12.6. The van der Waals surface area contributed by atoms with Crippen molar-refractivity contribution in [2.75, 3.05) is 11.6 Å². The zero-order valence-electron chi connectivity index (χ0n) is 20.6. The molecule has 0 saturated carbocycles. The Morgan fingerprint density at radius 3 is 2.16 bits per heavy atom. The Bertz CT molecular complexity index is 1400. The summed E-state index contributed by atoms with van der Waals surface area (Å²) < 4.78 is 37.8. The Kier molecular flexibility index (Phi) is 7.73. The summed E-state index contributed by atoms with van der Waals surface area (Å²) in [6, 6.07) is 15.8. The molecule has 0 aliphatic carbocycles. The number of nitrogens with zero attached hydrogens (tertiary/aromatic N) is 3. The number of anilines is 1. The zero-order valence-corrected chi connectivity index (χ0v) is 21.4. The Morgan fingerprint density at radius 1 is 1.08 bits per heavy atom. The third-order valence-corrected chi connectivity index (χ3v) is 7.29. The number of alkyl halides is 3. The first-order chi connectivity index (χ1) is 17.9. The number of fused-ring (bicyclic) bond motifs is 1. The van der Waals surface area contributed by atoms with Gasteiger partial charge in [0.25, 0.3) is 0 Å². The number of Topliss-reactive ketones (excluding diaryl/α,β-unsaturated/α-hetero) is 1. The fourth-order valence-electron chi connectivity index (χ4n) is 4.62. The molecular formula is C27H25F3N4O3S. The lowest BCUT2D eigenvalue weighted by Crippen LogP contribution is -2.53. The topological polar surface area (TPSA) is 96.6 Å². The summed E-state index contributed by atoms with van der Waals surface area (Å²) in [7, 11) is 0. The molecule has 2 N–H and O–H groups in total. The van der Waals surface area contributed by atoms with E-state index in [-0.39, 0.29) is 35.0 Å². The number of thioether (sulfide) groups is 1. The van der Waals surface area contributed by atoms with Gasteiger partial charge in [0.2, 0.25) is 5.78 Å². The van der Waals surface area contributed by atoms with E-state index in [0.29, 0.717) is 5.69 Å². The number of rotatable bonds is 6. The molecule has 1 saturated heterocycles. The highest BCUT2D eigenvalue weighted by molar-refractivity contribution is 8.00. The van der Waals surface area contributed by atoms with Gasteiger partial charge in [-0.1, -0.05) is 24.3 Å². The molecule has 38 heavy (non-hydrogen) atoms. The van der Waals surface area contributed by atoms with E-state index in [2.05, 4.69) is 4.98 Å². The van der Waals surface area contributed by atoms with Crippen molar-refractivity contribution in [1.82, 2.24) is 9.88 Å². The number of halogens is 3. The van der Waals surface area contributed by atoms with Crippen LogP contribution in [0.5, 0.6) is 0 Å². The number of carbonyl (C=O) groups is 2. The Labute approximate surface area is 221 Å². The van der Waals surface area contributed by atoms with Gasteiger partial charge in [0.05, 0.1) is 12.8 Å². The van der Waals surface area contributed by atoms with Crippen LogP contribution in [0.1, 0.15) is 25.6 Å². The molecule has 0 bridgehead atoms. The zero-order chi connectivity index (χ0) is 27.7. The van der Waals surface area contributed by atoms with Gasteiger partial charge in [-0.3, -0.25) is 24.3 Å². The van der Waals surface area contributed by atoms with Crippen LogP contribution < -0.4 is 16.1 Å². The van der Waals surface area contributed by atoms with Crippen molar-refractivity contribution >= 4 is 40.3 Å². The number of hydrogen-bond acceptors (Lipinski definition) is 8. The number of pyridine rings is 1. The maximum Gasteiger partial charge on any atom is 0.446 e. The molecule has 4 aromatic rings. The average molecular weight is 543 g/mol. The summed E-state index contributed by atoms with van der Waals surface area (Å²) >= 11 is -0.212. The lowest BCUT2D eigenvalue weighted by atomic mass is 9.90. The summed E-state index contributed by atoms with van der Waals surface area (Å²) in [6.07, 6.45) is 2.92. The molecule has 3 aromatic carbocycles. The molecule has 2 atom stereocenters. The summed E-state index contributed by atoms with van der Waals surface area (Å²) in [5.41, 5.74) is 2.78. The van der Waals surface area contributed by atoms with Crippen molar-refractivity contribution < 1.29 is 22.8 Å². The van der Waals surface area contributed by atoms with E-state index in [1.165, 1.54) is 24.3 Å². The van der Waals surface area contributed by atoms with Gasteiger partial charge in [0.15, 0.2) is 11.7 Å². The monoisotopic (exact) mass is 542 g/mol. The largest absolute Gasteiger partial charge is 0.446 e. The van der Waals surface area contributed by atoms with Crippen LogP contribution >= 0.6 is 11.8 Å². The van der Waals surface area contributed by atoms with Crippen molar-refractivity contribution in [1.29, 1.82) is 0 Å². The molecule has 2 heterocycles. The van der Waals surface area contributed by atoms with E-state index < -0.39 is 29.0 Å². The summed E-state index contributed by atoms with van der Waals surface area (Å²) in [6.45, 7) is 3.84. The maximum atomic E-state index is 12.6. The van der Waals surface area contributed by atoms with E-state index in [0.717, 1.165) is 16.3 Å². The Morgan fingerprint density at radius 2 is 1.66 bits per heavy atom. The van der Waals surface area contributed by atoms with Crippen LogP contribution in [0.25, 0.3) is 10.8 Å². The fraction of sp³-hybridized carbons (Fsp3) is 0.259. The smallest absolute Gasteiger partial charge is 0.346 e. The highest BCUT2D eigenvalue weighted by atomic mass is 32.2. The minimum absolute atomic E-state index is 0.0355. The van der Waals surface area contributed by atoms with Gasteiger partial charge in [0, 0.05) is 39.3 Å². The van der Waals surface area contributed by atoms with Crippen LogP contribution in [-0.2, 0) is 9.59 Å². The van der Waals surface area contributed by atoms with Gasteiger partial charge < -0.3 is 10.6 Å². The number of benzene rings is 2. The van der Waals surface area contributed by atoms with Crippen molar-refractivity contribution in [3.63, 3.8) is 0 Å². The minimum atomic E-state index is -4.39. The molecule has 2 unspecified atom stereocenters. The molecule has 0 amide bonds. The van der Waals surface area contributed by atoms with Crippen LogP contribution in [0.15, 0.2) is 82.7 Å². The van der Waals surface area contributed by atoms with Gasteiger partial charge >= 0.3 is 5.51 Å². The highest BCUT2D eigenvalue weighted by Gasteiger charge is 2.51. The minimum Gasteiger partial charge on any atom is -0.346 e. The van der Waals surface area contributed by atoms with Gasteiger partial charge in [-0.25, -0.2) is 0 Å². The second-order valence-electron chi connectivity index (χ2n) is 9.30. The van der Waals surface area contributed by atoms with E-state index in [4.69, 9.17) is 5.73 Å². The average Bonchev–Trinajstić information content (AvgIpc) is 3.46. The number of ketones is 1. The van der Waals surface area contributed by atoms with Crippen LogP contribution in [0.3, 0.4) is 0 Å². The van der Waals surface area contributed by atoms with Crippen LogP contribution in [0, 0.1) is 0 Å². The molecular weight excluding hydrogens is 517 g/mol. The molecule has 198 valence electrons. The second kappa shape index (κ2) is 10.7. The van der Waals surface area contributed by atoms with Crippen molar-refractivity contribution in [3.05, 3.63) is 88.8 Å². The van der Waals surface area contributed by atoms with Crippen LogP contribution in [-0.4, -0.2) is 45.7 Å². The number of hydrogen-bond donors (Lipinski definition) is 1. The van der Waals surface area contributed by atoms with Gasteiger partial charge in [-0.05, 0) is 67.6 Å². The van der Waals surface area contributed by atoms with E-state index in [1.54, 1.807) is 29.4 Å². The predicted molar refractivity (Wildman–Crippen MR) is 140 cm³/mol. The van der Waals surface area contributed by atoms with Gasteiger partial charge in [-0.2, -0.15) is 13.2 Å². The first kappa shape index (κ1) is 27.5. The van der Waals surface area contributed by atoms with Crippen molar-refractivity contribution in [2.24, 2.45) is 5.73 Å². The molecule has 7 nitrogen and oxygen atoms in total. The highest BCUT2D eigenvalue weighted by Crippen LogP contribution is 2.41. The first-order valence-electron chi connectivity index (χ1n) is 11.6. The van der Waals surface area contributed by atoms with Gasteiger partial charge in [-0.15, -0.1) is 0 Å². The normalized spacial score (nSPS) is 18.3. The summed E-state index contributed by atoms with van der Waals surface area (Å²) in [5.74, 6) is -0.627. The molecule has 1 aliphatic rings. The van der Waals surface area contributed by atoms with Crippen LogP contribution in [0.2, 0.25) is 0 Å². The van der Waals surface area contributed by atoms with Crippen molar-refractivity contribution in [3.8, 4) is 0 Å². The lowest BCUT2D eigenvalue weighted by molar-refractivity contribution is -0.131. The molecule has 5 rings (SSSR count). The second-order valence-corrected chi connectivity index (χ2v) is 10.4. The fourth-order valence-corrected chi connectivity index (χ4v) is 5.16. The predicted octanol–water partition coefficient (Wildman–Crippen LogP) is 4.42. The Hall–Kier alpha value is -3.54. The number of carbonyl (C=O) groups excluding carboxylic acids is 2. The van der Waals surface area contributed by atoms with Crippen LogP contribution in [0.4, 0.5) is 18.9 Å². The number of aromatic nitrogens is 1. The molecule has 11 heteroatoms. The SMILES string of the molecule is CC1(C)C(C(=O)C=O)N(c2ccc(SC(F)(F)F)cc2)CN1C(N)c1ccncc1.O=c1c2ccccc12. The van der Waals surface area contributed by atoms with Crippen molar-refractivity contribution in [2.45, 2.75) is 42.0 Å². The molecule has 1 aromatic heterocycles. The third kappa shape index (κ3) is 5.79. The Balaban J connectivity index is 0.000000353. The molecule has 0 spiro atoms. The number of aldehydes is 1. The van der Waals surface area contributed by atoms with E-state index in [9.17, 15) is 27.6 Å². The quantitative estimate of drug-likeness (QED) is 0.217. The lowest BCUT2D eigenvalue weighted by Gasteiger charge is -2.37. The molecule has 1 fully saturated rings. The first-order valence-corrected chi connectivity index (χ1v) is 12.4. The summed E-state index contributed by atoms with van der Waals surface area (Å²) in [4.78, 5) is 42.0. The van der Waals surface area contributed by atoms with Gasteiger partial charge in [0.1, 0.15) is 6.04 Å². The van der Waals surface area contributed by atoms with E-state index >= 15 is 0 Å². The van der Waals surface area contributed by atoms with E-state index in [1.807, 2.05) is 43.0 Å². The standard InChI is InChI=1S/C20H21F3N4O2S.C7H4O/c1-19(2)17(16(29)11-28)26(12-27(19)18(24)13-7-9-25-10-8-13)14-3-5-15(6-4-14)30-20(21,22)23;8-7-5-3-1-2-4-6(5)7/h3-11,17-18H,12,24H2,1-2H3;1-4H.